The third kappa shape index (κ3) is 7.59. The zero-order valence-corrected chi connectivity index (χ0v) is 24.3. The number of esters is 1. The van der Waals surface area contributed by atoms with E-state index in [4.69, 9.17) is 24.0 Å². The van der Waals surface area contributed by atoms with Crippen LogP contribution >= 0.6 is 0 Å². The molecule has 2 aromatic carbocycles. The maximum atomic E-state index is 12.9. The van der Waals surface area contributed by atoms with Gasteiger partial charge in [0, 0.05) is 37.9 Å². The highest BCUT2D eigenvalue weighted by Crippen LogP contribution is 2.39. The SMILES string of the molecule is COc1cc2cc(c1OC)OCCCC(n1cc(-c3ccccc3)cn1)CCN1CCCN(CCCOC2=O)CC1. The number of cyclic esters (lactones) is 1. The summed E-state index contributed by atoms with van der Waals surface area (Å²) in [7, 11) is 3.13. The average molecular weight is 563 g/mol. The van der Waals surface area contributed by atoms with Gasteiger partial charge in [-0.3, -0.25) is 4.68 Å². The Labute approximate surface area is 242 Å². The van der Waals surface area contributed by atoms with Gasteiger partial charge in [-0.2, -0.15) is 5.10 Å². The van der Waals surface area contributed by atoms with E-state index in [2.05, 4.69) is 44.9 Å². The largest absolute Gasteiger partial charge is 0.493 e. The van der Waals surface area contributed by atoms with Gasteiger partial charge in [-0.05, 0) is 62.9 Å². The molecule has 1 aromatic heterocycles. The second-order valence-electron chi connectivity index (χ2n) is 10.7. The molecule has 3 atom stereocenters. The molecule has 9 heteroatoms. The normalized spacial score (nSPS) is 22.8. The molecule has 1 saturated heterocycles. The summed E-state index contributed by atoms with van der Waals surface area (Å²) in [6.07, 6.45) is 8.83. The zero-order valence-electron chi connectivity index (χ0n) is 24.3. The van der Waals surface area contributed by atoms with Crippen LogP contribution in [0.3, 0.4) is 0 Å². The Kier molecular flexibility index (Phi) is 10.1. The summed E-state index contributed by atoms with van der Waals surface area (Å²) >= 11 is 0. The van der Waals surface area contributed by atoms with Crippen LogP contribution in [0.1, 0.15) is 48.5 Å². The number of methoxy groups -OCH3 is 2. The van der Waals surface area contributed by atoms with Crippen LogP contribution < -0.4 is 14.2 Å². The van der Waals surface area contributed by atoms with Crippen molar-refractivity contribution in [3.05, 3.63) is 60.4 Å². The van der Waals surface area contributed by atoms with Crippen molar-refractivity contribution in [3.8, 4) is 28.4 Å². The molecule has 41 heavy (non-hydrogen) atoms. The van der Waals surface area contributed by atoms with Crippen LogP contribution in [0, 0.1) is 0 Å². The lowest BCUT2D eigenvalue weighted by Crippen LogP contribution is -2.33. The van der Waals surface area contributed by atoms with Crippen LogP contribution in [-0.4, -0.2) is 92.3 Å². The zero-order chi connectivity index (χ0) is 28.4. The van der Waals surface area contributed by atoms with Gasteiger partial charge in [0.2, 0.25) is 5.75 Å². The summed E-state index contributed by atoms with van der Waals surface area (Å²) in [6.45, 7) is 7.06. The van der Waals surface area contributed by atoms with Crippen molar-refractivity contribution >= 4 is 5.97 Å². The first-order valence-corrected chi connectivity index (χ1v) is 14.7. The van der Waals surface area contributed by atoms with E-state index in [1.54, 1.807) is 26.4 Å². The number of rotatable bonds is 4. The Morgan fingerprint density at radius 3 is 2.32 bits per heavy atom. The fraction of sp³-hybridized carbons (Fsp3) is 0.500. The maximum Gasteiger partial charge on any atom is 0.338 e. The van der Waals surface area contributed by atoms with Crippen molar-refractivity contribution in [1.29, 1.82) is 0 Å². The first-order valence-electron chi connectivity index (χ1n) is 14.7. The molecule has 0 spiro atoms. The van der Waals surface area contributed by atoms with E-state index in [-0.39, 0.29) is 12.0 Å². The van der Waals surface area contributed by atoms with Crippen molar-refractivity contribution < 1.29 is 23.7 Å². The van der Waals surface area contributed by atoms with E-state index in [0.29, 0.717) is 36.0 Å². The van der Waals surface area contributed by atoms with Gasteiger partial charge in [0.1, 0.15) is 0 Å². The summed E-state index contributed by atoms with van der Waals surface area (Å²) in [5.74, 6) is 1.01. The van der Waals surface area contributed by atoms with Crippen molar-refractivity contribution in [1.82, 2.24) is 19.6 Å². The molecule has 0 radical (unpaired) electrons. The highest BCUT2D eigenvalue weighted by atomic mass is 16.5. The molecule has 3 heterocycles. The van der Waals surface area contributed by atoms with Crippen molar-refractivity contribution in [3.63, 3.8) is 0 Å². The minimum Gasteiger partial charge on any atom is -0.493 e. The minimum atomic E-state index is -0.385. The Bertz CT molecular complexity index is 1260. The second-order valence-corrected chi connectivity index (χ2v) is 10.7. The van der Waals surface area contributed by atoms with Gasteiger partial charge in [-0.15, -0.1) is 0 Å². The monoisotopic (exact) mass is 562 g/mol. The summed E-state index contributed by atoms with van der Waals surface area (Å²) in [6, 6.07) is 14.0. The molecule has 4 bridgehead atoms. The molecule has 2 aliphatic heterocycles. The molecule has 0 N–H and O–H groups in total. The van der Waals surface area contributed by atoms with E-state index < -0.39 is 0 Å². The van der Waals surface area contributed by atoms with Crippen LogP contribution in [0.15, 0.2) is 54.9 Å². The second kappa shape index (κ2) is 14.4. The summed E-state index contributed by atoms with van der Waals surface area (Å²) in [4.78, 5) is 18.0. The quantitative estimate of drug-likeness (QED) is 0.415. The van der Waals surface area contributed by atoms with E-state index in [1.165, 1.54) is 5.56 Å². The fourth-order valence-corrected chi connectivity index (χ4v) is 5.72. The molecule has 3 aromatic rings. The van der Waals surface area contributed by atoms with Gasteiger partial charge in [0.15, 0.2) is 11.5 Å². The van der Waals surface area contributed by atoms with Crippen molar-refractivity contribution in [2.24, 2.45) is 0 Å². The topological polar surface area (TPSA) is 78.3 Å². The number of hydrogen-bond acceptors (Lipinski definition) is 8. The fourth-order valence-electron chi connectivity index (χ4n) is 5.72. The third-order valence-corrected chi connectivity index (χ3v) is 8.01. The van der Waals surface area contributed by atoms with E-state index in [0.717, 1.165) is 76.9 Å². The molecule has 9 nitrogen and oxygen atoms in total. The molecule has 3 unspecified atom stereocenters. The molecule has 2 aliphatic rings. The Hall–Kier alpha value is -3.56. The number of carbonyl (C=O) groups excluding carboxylic acids is 1. The third-order valence-electron chi connectivity index (χ3n) is 8.01. The van der Waals surface area contributed by atoms with Gasteiger partial charge in [-0.25, -0.2) is 4.79 Å². The molecule has 220 valence electrons. The predicted molar refractivity (Wildman–Crippen MR) is 158 cm³/mol. The van der Waals surface area contributed by atoms with Crippen LogP contribution in [0.5, 0.6) is 17.2 Å². The van der Waals surface area contributed by atoms with E-state index >= 15 is 0 Å². The standard InChI is InChI=1S/C32H42N4O5/c1-38-29-21-26-22-30(31(29)39-2)40-19-6-11-28(36-24-27(23-33-36)25-9-4-3-5-10-25)12-16-35-14-7-13-34(17-18-35)15-8-20-41-32(26)37/h3-5,9-10,21-24,28H,6-8,11-20H2,1-2H3. The van der Waals surface area contributed by atoms with Gasteiger partial charge in [0.25, 0.3) is 0 Å². The van der Waals surface area contributed by atoms with Crippen molar-refractivity contribution in [2.45, 2.75) is 38.1 Å². The van der Waals surface area contributed by atoms with E-state index in [1.807, 2.05) is 12.3 Å². The smallest absolute Gasteiger partial charge is 0.338 e. The van der Waals surface area contributed by atoms with Crippen molar-refractivity contribution in [2.75, 3.05) is 66.7 Å². The first-order chi connectivity index (χ1) is 20.1. The lowest BCUT2D eigenvalue weighted by Gasteiger charge is -2.25. The summed E-state index contributed by atoms with van der Waals surface area (Å²) in [5, 5.41) is 4.80. The number of ether oxygens (including phenoxy) is 4. The molecule has 0 aliphatic carbocycles. The number of aromatic nitrogens is 2. The minimum absolute atomic E-state index is 0.246. The molecule has 1 fully saturated rings. The summed E-state index contributed by atoms with van der Waals surface area (Å²) in [5.41, 5.74) is 2.69. The van der Waals surface area contributed by atoms with Gasteiger partial charge in [-0.1, -0.05) is 30.3 Å². The predicted octanol–water partition coefficient (Wildman–Crippen LogP) is 4.93. The maximum absolute atomic E-state index is 12.9. The number of hydrogen-bond donors (Lipinski definition) is 0. The highest BCUT2D eigenvalue weighted by Gasteiger charge is 2.21. The number of fused-ring (bicyclic) bond motifs is 5. The van der Waals surface area contributed by atoms with E-state index in [9.17, 15) is 4.79 Å². The Balaban J connectivity index is 1.36. The Morgan fingerprint density at radius 2 is 1.54 bits per heavy atom. The van der Waals surface area contributed by atoms with Crippen LogP contribution in [0.4, 0.5) is 0 Å². The molecular weight excluding hydrogens is 520 g/mol. The van der Waals surface area contributed by atoms with Crippen LogP contribution in [-0.2, 0) is 4.74 Å². The van der Waals surface area contributed by atoms with Gasteiger partial charge in [0.05, 0.1) is 45.2 Å². The van der Waals surface area contributed by atoms with Gasteiger partial charge >= 0.3 is 5.97 Å². The number of nitrogens with zero attached hydrogens (tertiary/aromatic N) is 4. The average Bonchev–Trinajstić information content (AvgIpc) is 3.39. The Morgan fingerprint density at radius 1 is 0.780 bits per heavy atom. The molecular formula is C32H42N4O5. The molecule has 0 amide bonds. The lowest BCUT2D eigenvalue weighted by molar-refractivity contribution is 0.0487. The lowest BCUT2D eigenvalue weighted by atomic mass is 10.1. The number of carbonyl (C=O) groups is 1. The molecule has 0 saturated carbocycles. The number of benzene rings is 2. The van der Waals surface area contributed by atoms with Crippen LogP contribution in [0.2, 0.25) is 0 Å². The van der Waals surface area contributed by atoms with Crippen LogP contribution in [0.25, 0.3) is 11.1 Å². The first kappa shape index (κ1) is 29.0. The highest BCUT2D eigenvalue weighted by molar-refractivity contribution is 5.91. The van der Waals surface area contributed by atoms with Gasteiger partial charge < -0.3 is 28.7 Å². The molecule has 5 rings (SSSR count). The summed E-state index contributed by atoms with van der Waals surface area (Å²) < 4.78 is 25.0.